The standard InChI is InChI=1S/C9H13NO/c1-2-3-4-8-5-6-10-9(8)7-11/h5-7,10H,2-4H2,1H3. The summed E-state index contributed by atoms with van der Waals surface area (Å²) in [6, 6.07) is 1.97. The lowest BCUT2D eigenvalue weighted by atomic mass is 10.1. The minimum absolute atomic E-state index is 0.735. The largest absolute Gasteiger partial charge is 0.359 e. The van der Waals surface area contributed by atoms with E-state index in [9.17, 15) is 4.79 Å². The number of unbranched alkanes of at least 4 members (excludes halogenated alkanes) is 1. The molecule has 1 rings (SSSR count). The highest BCUT2D eigenvalue weighted by molar-refractivity contribution is 5.74. The van der Waals surface area contributed by atoms with Crippen LogP contribution in [0.2, 0.25) is 0 Å². The first kappa shape index (κ1) is 8.05. The fourth-order valence-corrected chi connectivity index (χ4v) is 1.11. The molecule has 0 saturated carbocycles. The molecule has 0 aliphatic carbocycles. The van der Waals surface area contributed by atoms with E-state index in [-0.39, 0.29) is 0 Å². The van der Waals surface area contributed by atoms with Gasteiger partial charge in [-0.1, -0.05) is 13.3 Å². The van der Waals surface area contributed by atoms with Gasteiger partial charge in [0.05, 0.1) is 5.69 Å². The summed E-state index contributed by atoms with van der Waals surface area (Å²) in [5, 5.41) is 0. The number of rotatable bonds is 4. The van der Waals surface area contributed by atoms with Gasteiger partial charge in [-0.15, -0.1) is 0 Å². The van der Waals surface area contributed by atoms with Crippen LogP contribution in [-0.4, -0.2) is 11.3 Å². The molecule has 1 aromatic rings. The number of hydrogen-bond acceptors (Lipinski definition) is 1. The van der Waals surface area contributed by atoms with Gasteiger partial charge in [-0.05, 0) is 24.5 Å². The first-order chi connectivity index (χ1) is 5.38. The number of aromatic nitrogens is 1. The lowest BCUT2D eigenvalue weighted by Crippen LogP contribution is -1.88. The van der Waals surface area contributed by atoms with E-state index < -0.39 is 0 Å². The Balaban J connectivity index is 2.61. The molecule has 60 valence electrons. The number of carbonyl (C=O) groups is 1. The van der Waals surface area contributed by atoms with E-state index in [0.29, 0.717) is 0 Å². The Bertz CT molecular complexity index is 227. The molecule has 0 bridgehead atoms. The molecule has 0 spiro atoms. The van der Waals surface area contributed by atoms with Gasteiger partial charge in [0.2, 0.25) is 0 Å². The van der Waals surface area contributed by atoms with Crippen molar-refractivity contribution >= 4 is 6.29 Å². The van der Waals surface area contributed by atoms with Crippen molar-refractivity contribution in [3.63, 3.8) is 0 Å². The molecule has 0 aliphatic heterocycles. The lowest BCUT2D eigenvalue weighted by Gasteiger charge is -1.95. The zero-order valence-corrected chi connectivity index (χ0v) is 6.76. The van der Waals surface area contributed by atoms with Gasteiger partial charge < -0.3 is 4.98 Å². The molecule has 0 aliphatic rings. The summed E-state index contributed by atoms with van der Waals surface area (Å²) in [4.78, 5) is 13.3. The fourth-order valence-electron chi connectivity index (χ4n) is 1.11. The van der Waals surface area contributed by atoms with Crippen LogP contribution in [0.25, 0.3) is 0 Å². The number of nitrogens with one attached hydrogen (secondary N) is 1. The topological polar surface area (TPSA) is 32.9 Å². The summed E-state index contributed by atoms with van der Waals surface area (Å²) in [6.07, 6.45) is 6.02. The Morgan fingerprint density at radius 1 is 1.64 bits per heavy atom. The maximum Gasteiger partial charge on any atom is 0.166 e. The van der Waals surface area contributed by atoms with Crippen molar-refractivity contribution in [2.75, 3.05) is 0 Å². The van der Waals surface area contributed by atoms with Gasteiger partial charge in [-0.25, -0.2) is 0 Å². The number of aromatic amines is 1. The summed E-state index contributed by atoms with van der Waals surface area (Å²) < 4.78 is 0. The molecule has 1 heterocycles. The molecular weight excluding hydrogens is 138 g/mol. The third-order valence-electron chi connectivity index (χ3n) is 1.79. The third kappa shape index (κ3) is 1.93. The third-order valence-corrected chi connectivity index (χ3v) is 1.79. The van der Waals surface area contributed by atoms with E-state index in [4.69, 9.17) is 0 Å². The van der Waals surface area contributed by atoms with Crippen LogP contribution in [0, 0.1) is 0 Å². The van der Waals surface area contributed by atoms with Crippen LogP contribution in [0.15, 0.2) is 12.3 Å². The summed E-state index contributed by atoms with van der Waals surface area (Å²) >= 11 is 0. The molecule has 0 amide bonds. The molecule has 1 aromatic heterocycles. The van der Waals surface area contributed by atoms with E-state index in [1.54, 1.807) is 0 Å². The molecule has 0 saturated heterocycles. The van der Waals surface area contributed by atoms with Crippen molar-refractivity contribution < 1.29 is 4.79 Å². The second kappa shape index (κ2) is 3.96. The molecule has 0 unspecified atom stereocenters. The lowest BCUT2D eigenvalue weighted by molar-refractivity contribution is 0.111. The average molecular weight is 151 g/mol. The van der Waals surface area contributed by atoms with Gasteiger partial charge in [-0.3, -0.25) is 4.79 Å². The first-order valence-corrected chi connectivity index (χ1v) is 4.00. The summed E-state index contributed by atoms with van der Waals surface area (Å²) in [7, 11) is 0. The quantitative estimate of drug-likeness (QED) is 0.657. The van der Waals surface area contributed by atoms with Crippen LogP contribution in [0.1, 0.15) is 35.8 Å². The monoisotopic (exact) mass is 151 g/mol. The Hall–Kier alpha value is -1.05. The zero-order valence-electron chi connectivity index (χ0n) is 6.76. The van der Waals surface area contributed by atoms with Crippen LogP contribution >= 0.6 is 0 Å². The second-order valence-electron chi connectivity index (χ2n) is 2.64. The van der Waals surface area contributed by atoms with Crippen LogP contribution < -0.4 is 0 Å². The smallest absolute Gasteiger partial charge is 0.166 e. The molecule has 0 aromatic carbocycles. The van der Waals surface area contributed by atoms with Gasteiger partial charge in [0, 0.05) is 6.20 Å². The van der Waals surface area contributed by atoms with Crippen molar-refractivity contribution in [2.45, 2.75) is 26.2 Å². The van der Waals surface area contributed by atoms with E-state index in [1.165, 1.54) is 6.42 Å². The number of H-pyrrole nitrogens is 1. The van der Waals surface area contributed by atoms with Gasteiger partial charge >= 0.3 is 0 Å². The van der Waals surface area contributed by atoms with Gasteiger partial charge in [0.15, 0.2) is 6.29 Å². The molecule has 0 fully saturated rings. The van der Waals surface area contributed by atoms with E-state index >= 15 is 0 Å². The molecule has 0 radical (unpaired) electrons. The maximum atomic E-state index is 10.4. The Kier molecular flexibility index (Phi) is 2.90. The van der Waals surface area contributed by atoms with Crippen molar-refractivity contribution in [2.24, 2.45) is 0 Å². The highest BCUT2D eigenvalue weighted by Gasteiger charge is 1.99. The average Bonchev–Trinajstić information content (AvgIpc) is 2.47. The highest BCUT2D eigenvalue weighted by atomic mass is 16.1. The summed E-state index contributed by atoms with van der Waals surface area (Å²) in [6.45, 7) is 2.15. The minimum atomic E-state index is 0.735. The van der Waals surface area contributed by atoms with Crippen LogP contribution in [0.4, 0.5) is 0 Å². The highest BCUT2D eigenvalue weighted by Crippen LogP contribution is 2.07. The first-order valence-electron chi connectivity index (χ1n) is 4.00. The number of hydrogen-bond donors (Lipinski definition) is 1. The minimum Gasteiger partial charge on any atom is -0.359 e. The van der Waals surface area contributed by atoms with Crippen LogP contribution in [0.5, 0.6) is 0 Å². The summed E-state index contributed by atoms with van der Waals surface area (Å²) in [5.41, 5.74) is 1.88. The van der Waals surface area contributed by atoms with Crippen molar-refractivity contribution in [1.29, 1.82) is 0 Å². The second-order valence-corrected chi connectivity index (χ2v) is 2.64. The molecule has 0 atom stereocenters. The van der Waals surface area contributed by atoms with Crippen LogP contribution in [0.3, 0.4) is 0 Å². The predicted molar refractivity (Wildman–Crippen MR) is 44.8 cm³/mol. The molecule has 11 heavy (non-hydrogen) atoms. The van der Waals surface area contributed by atoms with Gasteiger partial charge in [-0.2, -0.15) is 0 Å². The maximum absolute atomic E-state index is 10.4. The number of aldehydes is 1. The van der Waals surface area contributed by atoms with Crippen molar-refractivity contribution in [3.05, 3.63) is 23.5 Å². The Morgan fingerprint density at radius 2 is 2.45 bits per heavy atom. The zero-order chi connectivity index (χ0) is 8.10. The van der Waals surface area contributed by atoms with E-state index in [1.807, 2.05) is 12.3 Å². The van der Waals surface area contributed by atoms with Crippen molar-refractivity contribution in [1.82, 2.24) is 4.98 Å². The van der Waals surface area contributed by atoms with Crippen molar-refractivity contribution in [3.8, 4) is 0 Å². The molecule has 2 heteroatoms. The van der Waals surface area contributed by atoms with Gasteiger partial charge in [0.25, 0.3) is 0 Å². The normalized spacial score (nSPS) is 9.91. The predicted octanol–water partition coefficient (Wildman–Crippen LogP) is 2.17. The van der Waals surface area contributed by atoms with E-state index in [0.717, 1.165) is 30.4 Å². The Labute approximate surface area is 66.6 Å². The SMILES string of the molecule is CCCCc1cc[nH]c1C=O. The van der Waals surface area contributed by atoms with Gasteiger partial charge in [0.1, 0.15) is 0 Å². The van der Waals surface area contributed by atoms with Crippen LogP contribution in [-0.2, 0) is 6.42 Å². The number of carbonyl (C=O) groups excluding carboxylic acids is 1. The molecular formula is C9H13NO. The number of aryl methyl sites for hydroxylation is 1. The van der Waals surface area contributed by atoms with E-state index in [2.05, 4.69) is 11.9 Å². The molecule has 2 nitrogen and oxygen atoms in total. The summed E-state index contributed by atoms with van der Waals surface area (Å²) in [5.74, 6) is 0. The Morgan fingerprint density at radius 3 is 3.09 bits per heavy atom. The molecule has 1 N–H and O–H groups in total. The fraction of sp³-hybridized carbons (Fsp3) is 0.444.